The van der Waals surface area contributed by atoms with Crippen LogP contribution < -0.4 is 0 Å². The van der Waals surface area contributed by atoms with Crippen molar-refractivity contribution in [1.29, 1.82) is 0 Å². The molecule has 3 aromatic heterocycles. The van der Waals surface area contributed by atoms with E-state index in [0.717, 1.165) is 78.0 Å². The predicted molar refractivity (Wildman–Crippen MR) is 210 cm³/mol. The maximum absolute atomic E-state index is 9.41. The first kappa shape index (κ1) is 30.9. The van der Waals surface area contributed by atoms with Crippen molar-refractivity contribution in [3.05, 3.63) is 117 Å². The number of aryl methyl sites for hydroxylation is 4. The molecule has 4 heterocycles. The molecule has 8 rings (SSSR count). The average Bonchev–Trinajstić information content (AvgIpc) is 3.59. The minimum Gasteiger partial charge on any atom is -0.468 e. The van der Waals surface area contributed by atoms with Crippen LogP contribution in [0.2, 0.25) is 0 Å². The Kier molecular flexibility index (Phi) is 6.87. The summed E-state index contributed by atoms with van der Waals surface area (Å²) in [5.74, 6) is 1.91. The van der Waals surface area contributed by atoms with Crippen LogP contribution in [0.25, 0.3) is 39.0 Å². The molecule has 0 amide bonds. The molecule has 2 atom stereocenters. The number of hydrogen-bond donors (Lipinski definition) is 0. The molecule has 0 bridgehead atoms. The molecule has 0 N–H and O–H groups in total. The van der Waals surface area contributed by atoms with Crippen LogP contribution in [0, 0.1) is 27.7 Å². The van der Waals surface area contributed by atoms with Crippen molar-refractivity contribution in [3.8, 4) is 17.2 Å². The van der Waals surface area contributed by atoms with Crippen molar-refractivity contribution in [2.75, 3.05) is 0 Å². The molecule has 0 fully saturated rings. The second-order valence-electron chi connectivity index (χ2n) is 17.1. The Labute approximate surface area is 304 Å². The monoisotopic (exact) mass is 677 g/mol. The van der Waals surface area contributed by atoms with Gasteiger partial charge in [0, 0.05) is 59.5 Å². The van der Waals surface area contributed by atoms with Gasteiger partial charge in [-0.1, -0.05) is 70.9 Å². The van der Waals surface area contributed by atoms with E-state index in [1.54, 1.807) is 0 Å². The first-order chi connectivity index (χ1) is 24.7. The van der Waals surface area contributed by atoms with Gasteiger partial charge in [0.15, 0.2) is 5.82 Å². The van der Waals surface area contributed by atoms with E-state index in [4.69, 9.17) is 24.7 Å². The van der Waals surface area contributed by atoms with E-state index in [1.807, 2.05) is 32.2 Å². The van der Waals surface area contributed by atoms with Crippen molar-refractivity contribution in [1.82, 2.24) is 19.5 Å². The number of nitrogens with zero attached hydrogens (tertiary/aromatic N) is 5. The topological polar surface area (TPSA) is 65.2 Å². The first-order valence-corrected chi connectivity index (χ1v) is 18.0. The van der Waals surface area contributed by atoms with Gasteiger partial charge >= 0.3 is 0 Å². The lowest BCUT2D eigenvalue weighted by atomic mass is 9.76. The molecule has 6 heteroatoms. The van der Waals surface area contributed by atoms with Crippen LogP contribution >= 0.6 is 0 Å². The lowest BCUT2D eigenvalue weighted by Crippen LogP contribution is -2.44. The van der Waals surface area contributed by atoms with Crippen LogP contribution in [0.3, 0.4) is 0 Å². The maximum atomic E-state index is 9.41. The minimum atomic E-state index is -1.70. The van der Waals surface area contributed by atoms with Crippen LogP contribution in [-0.2, 0) is 28.4 Å². The van der Waals surface area contributed by atoms with Gasteiger partial charge in [-0.05, 0) is 106 Å². The Balaban J connectivity index is 1.34. The molecule has 1 aliphatic carbocycles. The average molecular weight is 678 g/mol. The first-order valence-electron chi connectivity index (χ1n) is 19.0. The van der Waals surface area contributed by atoms with Gasteiger partial charge in [-0.25, -0.2) is 19.9 Å². The number of benzene rings is 3. The zero-order chi connectivity index (χ0) is 38.0. The minimum absolute atomic E-state index is 0.115. The van der Waals surface area contributed by atoms with Gasteiger partial charge in [-0.3, -0.25) is 4.57 Å². The number of ether oxygens (including phenoxy) is 1. The number of pyridine rings is 1. The fourth-order valence-corrected chi connectivity index (χ4v) is 7.69. The quantitative estimate of drug-likeness (QED) is 0.187. The molecule has 6 nitrogen and oxygen atoms in total. The second-order valence-corrected chi connectivity index (χ2v) is 17.1. The van der Waals surface area contributed by atoms with Crippen LogP contribution in [-0.4, -0.2) is 37.1 Å². The smallest absolute Gasteiger partial charge is 0.217 e. The Morgan fingerprint density at radius 3 is 2.27 bits per heavy atom. The van der Waals surface area contributed by atoms with Gasteiger partial charge in [0.1, 0.15) is 11.4 Å². The third kappa shape index (κ3) is 5.64. The fraction of sp³-hybridized carbons (Fsp3) is 0.378. The third-order valence-corrected chi connectivity index (χ3v) is 10.6. The molecule has 260 valence electrons. The summed E-state index contributed by atoms with van der Waals surface area (Å²) in [7, 11) is 0. The molecular weight excluding hydrogens is 627 g/mol. The number of aliphatic imine (C=N–C) groups is 1. The van der Waals surface area contributed by atoms with E-state index in [1.165, 1.54) is 5.56 Å². The predicted octanol–water partition coefficient (Wildman–Crippen LogP) is 10.2. The van der Waals surface area contributed by atoms with Crippen LogP contribution in [0.4, 0.5) is 0 Å². The Morgan fingerprint density at radius 1 is 0.784 bits per heavy atom. The van der Waals surface area contributed by atoms with Gasteiger partial charge < -0.3 is 4.74 Å². The van der Waals surface area contributed by atoms with Gasteiger partial charge in [-0.15, -0.1) is 0 Å². The molecule has 6 aromatic rings. The number of aromatic nitrogens is 4. The van der Waals surface area contributed by atoms with Crippen LogP contribution in [0.15, 0.2) is 71.9 Å². The molecule has 0 unspecified atom stereocenters. The van der Waals surface area contributed by atoms with Gasteiger partial charge in [0.2, 0.25) is 5.90 Å². The van der Waals surface area contributed by atoms with E-state index in [0.29, 0.717) is 18.1 Å². The zero-order valence-electron chi connectivity index (χ0n) is 33.8. The second kappa shape index (κ2) is 11.3. The molecule has 51 heavy (non-hydrogen) atoms. The fourth-order valence-electron chi connectivity index (χ4n) is 7.69. The lowest BCUT2D eigenvalue weighted by Gasteiger charge is -2.36. The van der Waals surface area contributed by atoms with Crippen molar-refractivity contribution in [2.45, 2.75) is 111 Å². The van der Waals surface area contributed by atoms with Crippen molar-refractivity contribution in [3.63, 3.8) is 0 Å². The highest BCUT2D eigenvalue weighted by atomic mass is 16.5. The standard InChI is InChI=1S/C45H49N5O/c1-25-12-13-35-32(18-25)33-19-28(4)31(41-46-15-14-37(48-41)43(5,6)7)23-36(33)50(35)40-22-30(21-38(47-40)44(8,9)10)42-49-39-20-29-17-26(2)16-27(3)34(29)24-45(39,11)51-42/h12-19,21-23,39H,20,24H2,1-11H3/t39-,45-/m0/s1/i20D2. The summed E-state index contributed by atoms with van der Waals surface area (Å²) < 4.78 is 27.9. The molecule has 0 radical (unpaired) electrons. The molecular formula is C45H49N5O. The number of hydrogen-bond acceptors (Lipinski definition) is 5. The van der Waals surface area contributed by atoms with Crippen LogP contribution in [0.5, 0.6) is 0 Å². The third-order valence-electron chi connectivity index (χ3n) is 10.6. The van der Waals surface area contributed by atoms with Crippen molar-refractivity contribution < 1.29 is 7.48 Å². The van der Waals surface area contributed by atoms with E-state index in [9.17, 15) is 2.74 Å². The molecule has 0 saturated carbocycles. The normalized spacial score (nSPS) is 20.5. The number of rotatable bonds is 3. The van der Waals surface area contributed by atoms with Gasteiger partial charge in [0.05, 0.1) is 17.1 Å². The highest BCUT2D eigenvalue weighted by molar-refractivity contribution is 6.11. The summed E-state index contributed by atoms with van der Waals surface area (Å²) in [4.78, 5) is 20.3. The van der Waals surface area contributed by atoms with Crippen molar-refractivity contribution in [2.24, 2.45) is 4.99 Å². The summed E-state index contributed by atoms with van der Waals surface area (Å²) in [5.41, 5.74) is 10.6. The zero-order valence-corrected chi connectivity index (χ0v) is 31.8. The van der Waals surface area contributed by atoms with Crippen molar-refractivity contribution >= 4 is 27.7 Å². The molecule has 0 spiro atoms. The van der Waals surface area contributed by atoms with E-state index >= 15 is 0 Å². The number of fused-ring (bicyclic) bond motifs is 5. The van der Waals surface area contributed by atoms with E-state index < -0.39 is 18.0 Å². The Morgan fingerprint density at radius 2 is 1.53 bits per heavy atom. The molecule has 0 saturated heterocycles. The van der Waals surface area contributed by atoms with E-state index in [2.05, 4.69) is 115 Å². The Bertz CT molecular complexity index is 2530. The Hall–Kier alpha value is -4.84. The SMILES string of the molecule is [2H]C1([2H])c2cc(C)cc(C)c2C[C@]2(C)OC(c3cc(-n4c5ccc(C)cc5c5cc(C)c(-c6nccc(C(C)(C)C)n6)cc54)nc(C(C)(C)C)c3)=N[C@@H]12. The van der Waals surface area contributed by atoms with E-state index in [-0.39, 0.29) is 10.8 Å². The highest BCUT2D eigenvalue weighted by Crippen LogP contribution is 2.42. The lowest BCUT2D eigenvalue weighted by molar-refractivity contribution is 0.0701. The maximum Gasteiger partial charge on any atom is 0.217 e. The summed E-state index contributed by atoms with van der Waals surface area (Å²) in [6.45, 7) is 23.4. The summed E-state index contributed by atoms with van der Waals surface area (Å²) in [6, 6.07) is 20.6. The summed E-state index contributed by atoms with van der Waals surface area (Å²) in [5, 5.41) is 2.28. The molecule has 2 aliphatic rings. The summed E-state index contributed by atoms with van der Waals surface area (Å²) in [6.07, 6.45) is 0.743. The summed E-state index contributed by atoms with van der Waals surface area (Å²) >= 11 is 0. The highest BCUT2D eigenvalue weighted by Gasteiger charge is 2.47. The largest absolute Gasteiger partial charge is 0.468 e. The molecule has 3 aromatic carbocycles. The molecule has 1 aliphatic heterocycles. The van der Waals surface area contributed by atoms with Gasteiger partial charge in [-0.2, -0.15) is 0 Å². The van der Waals surface area contributed by atoms with Gasteiger partial charge in [0.25, 0.3) is 0 Å². The van der Waals surface area contributed by atoms with Crippen LogP contribution in [0.1, 0.15) is 102 Å².